The fourth-order valence-corrected chi connectivity index (χ4v) is 2.88. The van der Waals surface area contributed by atoms with Crippen LogP contribution in [-0.4, -0.2) is 24.3 Å². The van der Waals surface area contributed by atoms with E-state index in [9.17, 15) is 4.79 Å². The first-order chi connectivity index (χ1) is 11.2. The molecule has 2 rings (SSSR count). The van der Waals surface area contributed by atoms with Crippen molar-refractivity contribution in [1.29, 1.82) is 0 Å². The Morgan fingerprint density at radius 1 is 1.35 bits per heavy atom. The van der Waals surface area contributed by atoms with E-state index in [1.165, 1.54) is 0 Å². The van der Waals surface area contributed by atoms with Gasteiger partial charge in [0.2, 0.25) is 0 Å². The Balaban J connectivity index is 1.71. The second-order valence-electron chi connectivity index (χ2n) is 4.87. The summed E-state index contributed by atoms with van der Waals surface area (Å²) in [5, 5.41) is 3.40. The van der Waals surface area contributed by atoms with Gasteiger partial charge in [0.1, 0.15) is 11.5 Å². The van der Waals surface area contributed by atoms with E-state index >= 15 is 0 Å². The van der Waals surface area contributed by atoms with Crippen LogP contribution in [0.4, 0.5) is 0 Å². The molecule has 0 aliphatic rings. The minimum absolute atomic E-state index is 0.119. The van der Waals surface area contributed by atoms with Crippen molar-refractivity contribution in [3.05, 3.63) is 53.4 Å². The zero-order valence-electron chi connectivity index (χ0n) is 13.0. The standard InChI is InChI=1S/C17H20ClNO3S/c1-2-15(22-16-8-4-3-7-14(16)18)17(20)19-9-11-23-12-13-6-5-10-21-13/h3-8,10,15H,2,9,11-12H2,1H3,(H,19,20)/t15-/m0/s1. The number of para-hydroxylation sites is 1. The molecule has 0 aliphatic carbocycles. The van der Waals surface area contributed by atoms with Crippen molar-refractivity contribution in [3.63, 3.8) is 0 Å². The number of nitrogens with one attached hydrogen (secondary N) is 1. The normalized spacial score (nSPS) is 11.9. The van der Waals surface area contributed by atoms with Gasteiger partial charge in [0, 0.05) is 12.3 Å². The van der Waals surface area contributed by atoms with Gasteiger partial charge >= 0.3 is 0 Å². The number of amides is 1. The third-order valence-electron chi connectivity index (χ3n) is 3.14. The van der Waals surface area contributed by atoms with Gasteiger partial charge in [-0.1, -0.05) is 30.7 Å². The first kappa shape index (κ1) is 17.8. The number of thioether (sulfide) groups is 1. The highest BCUT2D eigenvalue weighted by Crippen LogP contribution is 2.24. The maximum Gasteiger partial charge on any atom is 0.261 e. The largest absolute Gasteiger partial charge is 0.479 e. The number of hydrogen-bond donors (Lipinski definition) is 1. The molecule has 0 saturated carbocycles. The zero-order valence-corrected chi connectivity index (χ0v) is 14.5. The van der Waals surface area contributed by atoms with Crippen LogP contribution in [0.15, 0.2) is 47.1 Å². The summed E-state index contributed by atoms with van der Waals surface area (Å²) in [6.07, 6.45) is 1.71. The molecule has 0 spiro atoms. The number of carbonyl (C=O) groups excluding carboxylic acids is 1. The van der Waals surface area contributed by atoms with Crippen molar-refractivity contribution in [2.45, 2.75) is 25.2 Å². The molecule has 124 valence electrons. The molecule has 1 heterocycles. The number of ether oxygens (including phenoxy) is 1. The maximum absolute atomic E-state index is 12.2. The van der Waals surface area contributed by atoms with E-state index in [0.717, 1.165) is 17.3 Å². The highest BCUT2D eigenvalue weighted by Gasteiger charge is 2.18. The number of furan rings is 1. The van der Waals surface area contributed by atoms with Gasteiger partial charge in [0.05, 0.1) is 17.0 Å². The molecule has 1 amide bonds. The molecule has 0 unspecified atom stereocenters. The van der Waals surface area contributed by atoms with Gasteiger partial charge in [0.25, 0.3) is 5.91 Å². The molecule has 0 aliphatic heterocycles. The smallest absolute Gasteiger partial charge is 0.261 e. The van der Waals surface area contributed by atoms with E-state index in [0.29, 0.717) is 23.7 Å². The minimum Gasteiger partial charge on any atom is -0.479 e. The average molecular weight is 354 g/mol. The molecule has 1 atom stereocenters. The molecule has 0 radical (unpaired) electrons. The van der Waals surface area contributed by atoms with Crippen molar-refractivity contribution >= 4 is 29.3 Å². The molecule has 2 aromatic rings. The van der Waals surface area contributed by atoms with E-state index in [2.05, 4.69) is 5.32 Å². The highest BCUT2D eigenvalue weighted by molar-refractivity contribution is 7.98. The van der Waals surface area contributed by atoms with Gasteiger partial charge in [-0.25, -0.2) is 0 Å². The number of rotatable bonds is 9. The van der Waals surface area contributed by atoms with Crippen molar-refractivity contribution in [1.82, 2.24) is 5.32 Å². The van der Waals surface area contributed by atoms with Gasteiger partial charge in [-0.3, -0.25) is 4.79 Å². The van der Waals surface area contributed by atoms with Gasteiger partial charge in [-0.15, -0.1) is 0 Å². The summed E-state index contributed by atoms with van der Waals surface area (Å²) in [6.45, 7) is 2.50. The Hall–Kier alpha value is -1.59. The quantitative estimate of drug-likeness (QED) is 0.688. The lowest BCUT2D eigenvalue weighted by Crippen LogP contribution is -2.39. The van der Waals surface area contributed by atoms with Crippen LogP contribution < -0.4 is 10.1 Å². The van der Waals surface area contributed by atoms with Crippen LogP contribution >= 0.6 is 23.4 Å². The summed E-state index contributed by atoms with van der Waals surface area (Å²) in [5.74, 6) is 2.97. The molecular formula is C17H20ClNO3S. The Kier molecular flexibility index (Phi) is 7.36. The molecule has 1 aromatic carbocycles. The first-order valence-electron chi connectivity index (χ1n) is 7.49. The molecule has 0 fully saturated rings. The van der Waals surface area contributed by atoms with E-state index in [1.807, 2.05) is 31.2 Å². The minimum atomic E-state index is -0.537. The van der Waals surface area contributed by atoms with Crippen LogP contribution in [0.1, 0.15) is 19.1 Å². The second kappa shape index (κ2) is 9.53. The van der Waals surface area contributed by atoms with Crippen LogP contribution in [0, 0.1) is 0 Å². The zero-order chi connectivity index (χ0) is 16.5. The Labute approximate surface area is 145 Å². The van der Waals surface area contributed by atoms with Crippen LogP contribution in [0.2, 0.25) is 5.02 Å². The number of benzene rings is 1. The van der Waals surface area contributed by atoms with Crippen molar-refractivity contribution in [3.8, 4) is 5.75 Å². The van der Waals surface area contributed by atoms with Crippen LogP contribution in [-0.2, 0) is 10.5 Å². The SMILES string of the molecule is CC[C@H](Oc1ccccc1Cl)C(=O)NCCSCc1ccco1. The Morgan fingerprint density at radius 3 is 2.87 bits per heavy atom. The van der Waals surface area contributed by atoms with Crippen molar-refractivity contribution in [2.24, 2.45) is 0 Å². The summed E-state index contributed by atoms with van der Waals surface area (Å²) in [4.78, 5) is 12.2. The van der Waals surface area contributed by atoms with Crippen LogP contribution in [0.5, 0.6) is 5.75 Å². The first-order valence-corrected chi connectivity index (χ1v) is 9.03. The third-order valence-corrected chi connectivity index (χ3v) is 4.43. The van der Waals surface area contributed by atoms with Crippen molar-refractivity contribution < 1.29 is 13.9 Å². The Bertz CT molecular complexity index is 604. The predicted molar refractivity (Wildman–Crippen MR) is 94.0 cm³/mol. The molecule has 0 bridgehead atoms. The Morgan fingerprint density at radius 2 is 2.17 bits per heavy atom. The summed E-state index contributed by atoms with van der Waals surface area (Å²) < 4.78 is 11.0. The molecule has 1 N–H and O–H groups in total. The fourth-order valence-electron chi connectivity index (χ4n) is 1.94. The summed E-state index contributed by atoms with van der Waals surface area (Å²) in [6, 6.07) is 11.0. The van der Waals surface area contributed by atoms with E-state index < -0.39 is 6.10 Å². The molecule has 6 heteroatoms. The van der Waals surface area contributed by atoms with Crippen LogP contribution in [0.25, 0.3) is 0 Å². The van der Waals surface area contributed by atoms with Gasteiger partial charge in [-0.2, -0.15) is 11.8 Å². The van der Waals surface area contributed by atoms with Gasteiger partial charge in [-0.05, 0) is 30.7 Å². The van der Waals surface area contributed by atoms with E-state index in [4.69, 9.17) is 20.8 Å². The van der Waals surface area contributed by atoms with Gasteiger partial charge < -0.3 is 14.5 Å². The fraction of sp³-hybridized carbons (Fsp3) is 0.353. The third kappa shape index (κ3) is 5.84. The second-order valence-corrected chi connectivity index (χ2v) is 6.38. The van der Waals surface area contributed by atoms with E-state index in [-0.39, 0.29) is 5.91 Å². The van der Waals surface area contributed by atoms with Crippen molar-refractivity contribution in [2.75, 3.05) is 12.3 Å². The topological polar surface area (TPSA) is 51.5 Å². The van der Waals surface area contributed by atoms with Crippen LogP contribution in [0.3, 0.4) is 0 Å². The highest BCUT2D eigenvalue weighted by atomic mass is 35.5. The lowest BCUT2D eigenvalue weighted by Gasteiger charge is -2.18. The molecule has 0 saturated heterocycles. The number of halogens is 1. The summed E-state index contributed by atoms with van der Waals surface area (Å²) >= 11 is 7.76. The van der Waals surface area contributed by atoms with E-state index in [1.54, 1.807) is 30.2 Å². The molecule has 23 heavy (non-hydrogen) atoms. The number of carbonyl (C=O) groups is 1. The monoisotopic (exact) mass is 353 g/mol. The molecule has 1 aromatic heterocycles. The molecular weight excluding hydrogens is 334 g/mol. The predicted octanol–water partition coefficient (Wildman–Crippen LogP) is 4.14. The van der Waals surface area contributed by atoms with Gasteiger partial charge in [0.15, 0.2) is 6.10 Å². The maximum atomic E-state index is 12.2. The lowest BCUT2D eigenvalue weighted by atomic mass is 10.2. The molecule has 4 nitrogen and oxygen atoms in total. The average Bonchev–Trinajstić information content (AvgIpc) is 3.07. The lowest BCUT2D eigenvalue weighted by molar-refractivity contribution is -0.127. The number of hydrogen-bond acceptors (Lipinski definition) is 4. The summed E-state index contributed by atoms with van der Waals surface area (Å²) in [7, 11) is 0. The summed E-state index contributed by atoms with van der Waals surface area (Å²) in [5.41, 5.74) is 0.